The van der Waals surface area contributed by atoms with Crippen LogP contribution in [0, 0.1) is 0 Å². The first-order valence-corrected chi connectivity index (χ1v) is 4.95. The second-order valence-electron chi connectivity index (χ2n) is 3.60. The van der Waals surface area contributed by atoms with Crippen LogP contribution in [0.15, 0.2) is 18.2 Å². The summed E-state index contributed by atoms with van der Waals surface area (Å²) in [5.41, 5.74) is -0.614. The molecular weight excluding hydrogens is 223 g/mol. The molecule has 0 aliphatic heterocycles. The highest BCUT2D eigenvalue weighted by Crippen LogP contribution is 2.28. The second-order valence-corrected chi connectivity index (χ2v) is 4.41. The van der Waals surface area contributed by atoms with Gasteiger partial charge >= 0.3 is 0 Å². The summed E-state index contributed by atoms with van der Waals surface area (Å²) in [4.78, 5) is 0. The van der Waals surface area contributed by atoms with E-state index in [4.69, 9.17) is 33.0 Å². The van der Waals surface area contributed by atoms with Crippen molar-refractivity contribution in [1.82, 2.24) is 0 Å². The molecule has 1 rings (SSSR count). The van der Waals surface area contributed by atoms with Crippen molar-refractivity contribution >= 4 is 23.2 Å². The third-order valence-corrected chi connectivity index (χ3v) is 2.41. The lowest BCUT2D eigenvalue weighted by molar-refractivity contribution is 0.0413. The highest BCUT2D eigenvalue weighted by atomic mass is 35.5. The van der Waals surface area contributed by atoms with Crippen LogP contribution >= 0.6 is 23.2 Å². The van der Waals surface area contributed by atoms with Gasteiger partial charge < -0.3 is 9.84 Å². The van der Waals surface area contributed by atoms with Crippen molar-refractivity contribution in [1.29, 1.82) is 0 Å². The Hall–Kier alpha value is -0.440. The van der Waals surface area contributed by atoms with E-state index in [0.29, 0.717) is 15.8 Å². The summed E-state index contributed by atoms with van der Waals surface area (Å²) in [6.45, 7) is 3.51. The van der Waals surface area contributed by atoms with E-state index in [1.54, 1.807) is 32.0 Å². The average Bonchev–Trinajstić information content (AvgIpc) is 2.11. The maximum atomic E-state index is 9.00. The third kappa shape index (κ3) is 3.05. The number of rotatable bonds is 3. The van der Waals surface area contributed by atoms with Gasteiger partial charge in [0.2, 0.25) is 0 Å². The molecule has 1 N–H and O–H groups in total. The molecule has 0 radical (unpaired) electrons. The lowest BCUT2D eigenvalue weighted by Gasteiger charge is -2.23. The predicted molar refractivity (Wildman–Crippen MR) is 58.3 cm³/mol. The molecule has 0 fully saturated rings. The summed E-state index contributed by atoms with van der Waals surface area (Å²) in [6, 6.07) is 5.00. The van der Waals surface area contributed by atoms with Crippen LogP contribution in [0.4, 0.5) is 0 Å². The average molecular weight is 235 g/mol. The molecule has 0 unspecified atom stereocenters. The number of ether oxygens (including phenoxy) is 1. The van der Waals surface area contributed by atoms with Gasteiger partial charge in [-0.25, -0.2) is 0 Å². The molecule has 2 nitrogen and oxygen atoms in total. The number of hydrogen-bond donors (Lipinski definition) is 1. The van der Waals surface area contributed by atoms with E-state index in [2.05, 4.69) is 0 Å². The number of aliphatic hydroxyl groups is 1. The lowest BCUT2D eigenvalue weighted by Crippen LogP contribution is -2.32. The van der Waals surface area contributed by atoms with Gasteiger partial charge in [-0.3, -0.25) is 0 Å². The van der Waals surface area contributed by atoms with Gasteiger partial charge in [-0.05, 0) is 26.0 Å². The van der Waals surface area contributed by atoms with Crippen molar-refractivity contribution in [3.05, 3.63) is 28.2 Å². The van der Waals surface area contributed by atoms with Crippen LogP contribution in [0.1, 0.15) is 13.8 Å². The molecule has 1 aromatic carbocycles. The van der Waals surface area contributed by atoms with E-state index >= 15 is 0 Å². The number of hydrogen-bond acceptors (Lipinski definition) is 2. The Morgan fingerprint density at radius 1 is 1.29 bits per heavy atom. The zero-order valence-corrected chi connectivity index (χ0v) is 9.56. The van der Waals surface area contributed by atoms with Crippen LogP contribution in [0.3, 0.4) is 0 Å². The maximum absolute atomic E-state index is 9.00. The van der Waals surface area contributed by atoms with Crippen LogP contribution in [0.25, 0.3) is 0 Å². The smallest absolute Gasteiger partial charge is 0.126 e. The van der Waals surface area contributed by atoms with Gasteiger partial charge in [-0.1, -0.05) is 23.2 Å². The molecule has 4 heteroatoms. The summed E-state index contributed by atoms with van der Waals surface area (Å²) < 4.78 is 5.49. The molecule has 78 valence electrons. The molecule has 0 amide bonds. The first-order chi connectivity index (χ1) is 6.44. The van der Waals surface area contributed by atoms with Crippen molar-refractivity contribution < 1.29 is 9.84 Å². The Morgan fingerprint density at radius 2 is 1.93 bits per heavy atom. The van der Waals surface area contributed by atoms with Crippen molar-refractivity contribution in [2.24, 2.45) is 0 Å². The summed E-state index contributed by atoms with van der Waals surface area (Å²) in [6.07, 6.45) is 0. The van der Waals surface area contributed by atoms with E-state index in [0.717, 1.165) is 0 Å². The molecule has 0 saturated heterocycles. The van der Waals surface area contributed by atoms with Crippen LogP contribution in [0.2, 0.25) is 10.0 Å². The predicted octanol–water partition coefficient (Wildman–Crippen LogP) is 3.14. The Labute approximate surface area is 93.4 Å². The molecule has 0 heterocycles. The van der Waals surface area contributed by atoms with Gasteiger partial charge in [-0.2, -0.15) is 0 Å². The molecular formula is C10H12Cl2O2. The standard InChI is InChI=1S/C10H12Cl2O2/c1-10(2,6-13)14-7-3-4-8(11)9(12)5-7/h3-5,13H,6H2,1-2H3. The fourth-order valence-electron chi connectivity index (χ4n) is 0.892. The summed E-state index contributed by atoms with van der Waals surface area (Å²) in [5, 5.41) is 9.92. The second kappa shape index (κ2) is 4.39. The molecule has 0 aliphatic rings. The van der Waals surface area contributed by atoms with Crippen LogP contribution in [-0.4, -0.2) is 17.3 Å². The van der Waals surface area contributed by atoms with Crippen LogP contribution in [-0.2, 0) is 0 Å². The van der Waals surface area contributed by atoms with E-state index in [9.17, 15) is 0 Å². The maximum Gasteiger partial charge on any atom is 0.126 e. The zero-order valence-electron chi connectivity index (χ0n) is 8.05. The van der Waals surface area contributed by atoms with Crippen LogP contribution < -0.4 is 4.74 Å². The summed E-state index contributed by atoms with van der Waals surface area (Å²) in [7, 11) is 0. The van der Waals surface area contributed by atoms with Crippen molar-refractivity contribution in [2.45, 2.75) is 19.4 Å². The SMILES string of the molecule is CC(C)(CO)Oc1ccc(Cl)c(Cl)c1. The van der Waals surface area contributed by atoms with E-state index < -0.39 is 5.60 Å². The Bertz CT molecular complexity index is 324. The Morgan fingerprint density at radius 3 is 2.43 bits per heavy atom. The number of aliphatic hydroxyl groups excluding tert-OH is 1. The molecule has 0 aliphatic carbocycles. The molecule has 1 aromatic rings. The van der Waals surface area contributed by atoms with Gasteiger partial charge in [0, 0.05) is 6.07 Å². The number of benzene rings is 1. The van der Waals surface area contributed by atoms with E-state index in [1.165, 1.54) is 0 Å². The lowest BCUT2D eigenvalue weighted by atomic mass is 10.1. The summed E-state index contributed by atoms with van der Waals surface area (Å²) in [5.74, 6) is 0.596. The first-order valence-electron chi connectivity index (χ1n) is 4.19. The minimum atomic E-state index is -0.614. The van der Waals surface area contributed by atoms with E-state index in [-0.39, 0.29) is 6.61 Å². The largest absolute Gasteiger partial charge is 0.485 e. The topological polar surface area (TPSA) is 29.5 Å². The van der Waals surface area contributed by atoms with Crippen molar-refractivity contribution in [3.63, 3.8) is 0 Å². The van der Waals surface area contributed by atoms with Crippen molar-refractivity contribution in [2.75, 3.05) is 6.61 Å². The molecule has 14 heavy (non-hydrogen) atoms. The van der Waals surface area contributed by atoms with Crippen LogP contribution in [0.5, 0.6) is 5.75 Å². The molecule has 0 atom stereocenters. The van der Waals surface area contributed by atoms with Gasteiger partial charge in [0.15, 0.2) is 0 Å². The Balaban J connectivity index is 2.83. The summed E-state index contributed by atoms with van der Waals surface area (Å²) >= 11 is 11.6. The molecule has 0 aromatic heterocycles. The quantitative estimate of drug-likeness (QED) is 0.871. The fourth-order valence-corrected chi connectivity index (χ4v) is 1.18. The van der Waals surface area contributed by atoms with Gasteiger partial charge in [-0.15, -0.1) is 0 Å². The molecule has 0 saturated carbocycles. The number of halogens is 2. The van der Waals surface area contributed by atoms with Gasteiger partial charge in [0.05, 0.1) is 16.7 Å². The minimum Gasteiger partial charge on any atom is -0.485 e. The normalized spacial score (nSPS) is 11.5. The van der Waals surface area contributed by atoms with Crippen molar-refractivity contribution in [3.8, 4) is 5.75 Å². The highest BCUT2D eigenvalue weighted by molar-refractivity contribution is 6.42. The zero-order chi connectivity index (χ0) is 10.8. The fraction of sp³-hybridized carbons (Fsp3) is 0.400. The van der Waals surface area contributed by atoms with Gasteiger partial charge in [0.1, 0.15) is 11.4 Å². The first kappa shape index (κ1) is 11.6. The highest BCUT2D eigenvalue weighted by Gasteiger charge is 2.18. The third-order valence-electron chi connectivity index (χ3n) is 1.67. The Kier molecular flexibility index (Phi) is 3.65. The van der Waals surface area contributed by atoms with E-state index in [1.807, 2.05) is 0 Å². The minimum absolute atomic E-state index is 0.0623. The van der Waals surface area contributed by atoms with Gasteiger partial charge in [0.25, 0.3) is 0 Å². The molecule has 0 bridgehead atoms. The molecule has 0 spiro atoms. The monoisotopic (exact) mass is 234 g/mol.